The predicted molar refractivity (Wildman–Crippen MR) is 120 cm³/mol. The van der Waals surface area contributed by atoms with Crippen molar-refractivity contribution in [3.8, 4) is 0 Å². The normalized spacial score (nSPS) is 11.0. The summed E-state index contributed by atoms with van der Waals surface area (Å²) in [4.78, 5) is 24.4. The van der Waals surface area contributed by atoms with Gasteiger partial charge in [0, 0.05) is 18.0 Å². The number of fused-ring (bicyclic) bond motifs is 1. The lowest BCUT2D eigenvalue weighted by Gasteiger charge is -2.21. The van der Waals surface area contributed by atoms with Gasteiger partial charge in [0.05, 0.1) is 16.8 Å². The van der Waals surface area contributed by atoms with Gasteiger partial charge in [-0.3, -0.25) is 14.7 Å². The molecule has 146 valence electrons. The first-order chi connectivity index (χ1) is 13.9. The van der Waals surface area contributed by atoms with Crippen LogP contribution >= 0.6 is 11.3 Å². The van der Waals surface area contributed by atoms with Crippen LogP contribution in [-0.2, 0) is 6.54 Å². The van der Waals surface area contributed by atoms with Gasteiger partial charge in [-0.15, -0.1) is 0 Å². The molecule has 5 heteroatoms. The second kappa shape index (κ2) is 7.76. The van der Waals surface area contributed by atoms with Crippen LogP contribution in [-0.4, -0.2) is 15.9 Å². The molecule has 1 amide bonds. The van der Waals surface area contributed by atoms with Gasteiger partial charge in [-0.2, -0.15) is 0 Å². The number of carbonyl (C=O) groups excluding carboxylic acids is 1. The summed E-state index contributed by atoms with van der Waals surface area (Å²) in [5, 5.41) is 0.711. The van der Waals surface area contributed by atoms with Crippen LogP contribution < -0.4 is 4.90 Å². The lowest BCUT2D eigenvalue weighted by atomic mass is 10.0. The third-order valence-corrected chi connectivity index (χ3v) is 6.00. The molecule has 2 aromatic heterocycles. The maximum Gasteiger partial charge on any atom is 0.260 e. The largest absolute Gasteiger partial charge is 0.279 e. The fourth-order valence-electron chi connectivity index (χ4n) is 3.57. The fourth-order valence-corrected chi connectivity index (χ4v) is 4.71. The van der Waals surface area contributed by atoms with E-state index in [0.717, 1.165) is 32.5 Å². The van der Waals surface area contributed by atoms with Crippen molar-refractivity contribution in [2.75, 3.05) is 4.90 Å². The van der Waals surface area contributed by atoms with Crippen LogP contribution in [0.4, 0.5) is 5.13 Å². The van der Waals surface area contributed by atoms with Crippen LogP contribution in [0.3, 0.4) is 0 Å². The Balaban J connectivity index is 1.82. The first kappa shape index (κ1) is 19.3. The topological polar surface area (TPSA) is 46.1 Å². The zero-order valence-corrected chi connectivity index (χ0v) is 17.9. The minimum atomic E-state index is -0.0419. The molecule has 0 N–H and O–H groups in total. The Bertz CT molecular complexity index is 1200. The van der Waals surface area contributed by atoms with Crippen molar-refractivity contribution >= 4 is 32.6 Å². The summed E-state index contributed by atoms with van der Waals surface area (Å²) in [6.07, 6.45) is 3.54. The summed E-state index contributed by atoms with van der Waals surface area (Å²) in [6.45, 7) is 8.59. The summed E-state index contributed by atoms with van der Waals surface area (Å²) < 4.78 is 1.10. The molecule has 0 aliphatic heterocycles. The smallest absolute Gasteiger partial charge is 0.260 e. The average molecular weight is 402 g/mol. The number of aryl methyl sites for hydroxylation is 4. The molecule has 0 aliphatic rings. The maximum atomic E-state index is 13.6. The zero-order valence-electron chi connectivity index (χ0n) is 17.1. The highest BCUT2D eigenvalue weighted by Gasteiger charge is 2.23. The van der Waals surface area contributed by atoms with Crippen molar-refractivity contribution in [2.45, 2.75) is 34.2 Å². The SMILES string of the molecule is Cc1ccc(C(=O)N(Cc2cccnc2)c2nc3c(C)cc(C)cc3s2)c(C)c1. The number of hydrogen-bond donors (Lipinski definition) is 0. The summed E-state index contributed by atoms with van der Waals surface area (Å²) in [7, 11) is 0. The summed E-state index contributed by atoms with van der Waals surface area (Å²) >= 11 is 1.56. The first-order valence-electron chi connectivity index (χ1n) is 9.58. The predicted octanol–water partition coefficient (Wildman–Crippen LogP) is 5.77. The average Bonchev–Trinajstić information content (AvgIpc) is 3.10. The number of anilines is 1. The monoisotopic (exact) mass is 401 g/mol. The number of thiazole rings is 1. The van der Waals surface area contributed by atoms with Gasteiger partial charge in [0.2, 0.25) is 0 Å². The van der Waals surface area contributed by atoms with Gasteiger partial charge in [0.1, 0.15) is 0 Å². The van der Waals surface area contributed by atoms with Gasteiger partial charge >= 0.3 is 0 Å². The molecule has 2 aromatic carbocycles. The first-order valence-corrected chi connectivity index (χ1v) is 10.4. The third kappa shape index (κ3) is 3.91. The molecule has 2 heterocycles. The number of rotatable bonds is 4. The van der Waals surface area contributed by atoms with Crippen molar-refractivity contribution in [1.82, 2.24) is 9.97 Å². The molecule has 0 atom stereocenters. The number of carbonyl (C=O) groups is 1. The molecular weight excluding hydrogens is 378 g/mol. The van der Waals surface area contributed by atoms with E-state index in [1.54, 1.807) is 28.6 Å². The molecule has 4 rings (SSSR count). The molecule has 0 saturated heterocycles. The Morgan fingerprint density at radius 3 is 2.52 bits per heavy atom. The Kier molecular flexibility index (Phi) is 5.16. The van der Waals surface area contributed by atoms with Crippen molar-refractivity contribution in [1.29, 1.82) is 0 Å². The quantitative estimate of drug-likeness (QED) is 0.436. The van der Waals surface area contributed by atoms with Gasteiger partial charge in [-0.05, 0) is 68.1 Å². The van der Waals surface area contributed by atoms with Crippen LogP contribution in [0, 0.1) is 27.7 Å². The Hall–Kier alpha value is -3.05. The van der Waals surface area contributed by atoms with E-state index >= 15 is 0 Å². The molecule has 4 nitrogen and oxygen atoms in total. The Labute approximate surface area is 174 Å². The minimum Gasteiger partial charge on any atom is -0.279 e. The lowest BCUT2D eigenvalue weighted by Crippen LogP contribution is -2.31. The second-order valence-electron chi connectivity index (χ2n) is 7.50. The molecule has 0 aliphatic carbocycles. The molecule has 0 fully saturated rings. The number of hydrogen-bond acceptors (Lipinski definition) is 4. The fraction of sp³-hybridized carbons (Fsp3) is 0.208. The number of aromatic nitrogens is 2. The molecule has 29 heavy (non-hydrogen) atoms. The van der Waals surface area contributed by atoms with Crippen molar-refractivity contribution in [3.05, 3.63) is 88.2 Å². The number of pyridine rings is 1. The number of benzene rings is 2. The van der Waals surface area contributed by atoms with E-state index in [4.69, 9.17) is 4.98 Å². The summed E-state index contributed by atoms with van der Waals surface area (Å²) in [5.41, 5.74) is 7.07. The molecule has 0 saturated carbocycles. The molecule has 0 bridgehead atoms. The van der Waals surface area contributed by atoms with Crippen molar-refractivity contribution in [2.24, 2.45) is 0 Å². The summed E-state index contributed by atoms with van der Waals surface area (Å²) in [5.74, 6) is -0.0419. The third-order valence-electron chi connectivity index (χ3n) is 4.97. The Morgan fingerprint density at radius 2 is 1.79 bits per heavy atom. The van der Waals surface area contributed by atoms with Crippen molar-refractivity contribution in [3.63, 3.8) is 0 Å². The standard InChI is InChI=1S/C24H23N3OS/c1-15-7-8-20(17(3)10-15)23(28)27(14-19-6-5-9-25-13-19)24-26-22-18(4)11-16(2)12-21(22)29-24/h5-13H,14H2,1-4H3. The molecule has 4 aromatic rings. The van der Waals surface area contributed by atoms with E-state index in [0.29, 0.717) is 17.2 Å². The zero-order chi connectivity index (χ0) is 20.5. The van der Waals surface area contributed by atoms with Crippen LogP contribution in [0.2, 0.25) is 0 Å². The number of amides is 1. The van der Waals surface area contributed by atoms with Crippen LogP contribution in [0.1, 0.15) is 38.2 Å². The minimum absolute atomic E-state index is 0.0419. The molecule has 0 spiro atoms. The van der Waals surface area contributed by atoms with Gasteiger partial charge in [-0.25, -0.2) is 4.98 Å². The van der Waals surface area contributed by atoms with E-state index in [1.807, 2.05) is 44.2 Å². The van der Waals surface area contributed by atoms with E-state index in [-0.39, 0.29) is 5.91 Å². The van der Waals surface area contributed by atoms with Gasteiger partial charge in [0.15, 0.2) is 5.13 Å². The maximum absolute atomic E-state index is 13.6. The van der Waals surface area contributed by atoms with E-state index in [1.165, 1.54) is 5.56 Å². The van der Waals surface area contributed by atoms with Crippen LogP contribution in [0.25, 0.3) is 10.2 Å². The second-order valence-corrected chi connectivity index (χ2v) is 8.51. The molecule has 0 radical (unpaired) electrons. The highest BCUT2D eigenvalue weighted by molar-refractivity contribution is 7.22. The lowest BCUT2D eigenvalue weighted by molar-refractivity contribution is 0.0984. The van der Waals surface area contributed by atoms with E-state index in [9.17, 15) is 4.79 Å². The van der Waals surface area contributed by atoms with Gasteiger partial charge in [-0.1, -0.05) is 41.2 Å². The summed E-state index contributed by atoms with van der Waals surface area (Å²) in [6, 6.07) is 14.1. The van der Waals surface area contributed by atoms with E-state index in [2.05, 4.69) is 31.0 Å². The number of nitrogens with zero attached hydrogens (tertiary/aromatic N) is 3. The van der Waals surface area contributed by atoms with Crippen LogP contribution in [0.15, 0.2) is 54.9 Å². The highest BCUT2D eigenvalue weighted by Crippen LogP contribution is 2.33. The van der Waals surface area contributed by atoms with Gasteiger partial charge in [0.25, 0.3) is 5.91 Å². The van der Waals surface area contributed by atoms with E-state index < -0.39 is 0 Å². The molecule has 0 unspecified atom stereocenters. The van der Waals surface area contributed by atoms with Gasteiger partial charge < -0.3 is 0 Å². The van der Waals surface area contributed by atoms with Crippen molar-refractivity contribution < 1.29 is 4.79 Å². The van der Waals surface area contributed by atoms with Crippen LogP contribution in [0.5, 0.6) is 0 Å². The Morgan fingerprint density at radius 1 is 1.00 bits per heavy atom. The highest BCUT2D eigenvalue weighted by atomic mass is 32.1. The molecular formula is C24H23N3OS.